The summed E-state index contributed by atoms with van der Waals surface area (Å²) >= 11 is 3.12. The summed E-state index contributed by atoms with van der Waals surface area (Å²) in [5.41, 5.74) is 0.482. The van der Waals surface area contributed by atoms with Crippen LogP contribution in [0, 0.1) is 0 Å². The van der Waals surface area contributed by atoms with Gasteiger partial charge in [0.1, 0.15) is 6.61 Å². The van der Waals surface area contributed by atoms with E-state index in [1.807, 2.05) is 0 Å². The Hall–Kier alpha value is -1.04. The standard InChI is InChI=1S/C9H6BrF3O2/c10-7-4-2-1-3-6(7)5-15-8(14)9(11,12)13/h1-4H,5H2. The van der Waals surface area contributed by atoms with Gasteiger partial charge in [-0.05, 0) is 6.07 Å². The SMILES string of the molecule is O=C(OCc1ccccc1Br)C(F)(F)F. The van der Waals surface area contributed by atoms with Crippen LogP contribution in [0.5, 0.6) is 0 Å². The number of alkyl halides is 3. The van der Waals surface area contributed by atoms with Crippen LogP contribution in [0.15, 0.2) is 28.7 Å². The largest absolute Gasteiger partial charge is 0.490 e. The predicted octanol–water partition coefficient (Wildman–Crippen LogP) is 3.05. The highest BCUT2D eigenvalue weighted by Crippen LogP contribution is 2.20. The average molecular weight is 283 g/mol. The molecule has 0 amide bonds. The molecular weight excluding hydrogens is 277 g/mol. The zero-order valence-electron chi connectivity index (χ0n) is 7.34. The van der Waals surface area contributed by atoms with Crippen molar-refractivity contribution in [2.24, 2.45) is 0 Å². The second-order valence-corrected chi connectivity index (χ2v) is 3.52. The van der Waals surface area contributed by atoms with E-state index >= 15 is 0 Å². The Balaban J connectivity index is 2.59. The summed E-state index contributed by atoms with van der Waals surface area (Å²) in [6.45, 7) is -0.403. The number of hydrogen-bond donors (Lipinski definition) is 0. The van der Waals surface area contributed by atoms with Gasteiger partial charge >= 0.3 is 12.1 Å². The van der Waals surface area contributed by atoms with Gasteiger partial charge in [-0.25, -0.2) is 4.79 Å². The van der Waals surface area contributed by atoms with Crippen LogP contribution in [0.4, 0.5) is 13.2 Å². The summed E-state index contributed by atoms with van der Waals surface area (Å²) in [7, 11) is 0. The van der Waals surface area contributed by atoms with Gasteiger partial charge in [0.15, 0.2) is 0 Å². The molecule has 0 fully saturated rings. The minimum absolute atomic E-state index is 0.403. The normalized spacial score (nSPS) is 11.2. The molecule has 0 heterocycles. The Morgan fingerprint density at radius 3 is 2.47 bits per heavy atom. The monoisotopic (exact) mass is 282 g/mol. The molecule has 0 aliphatic rings. The molecule has 0 aliphatic heterocycles. The lowest BCUT2D eigenvalue weighted by molar-refractivity contribution is -0.201. The van der Waals surface area contributed by atoms with Crippen molar-refractivity contribution < 1.29 is 22.7 Å². The van der Waals surface area contributed by atoms with Crippen molar-refractivity contribution >= 4 is 21.9 Å². The van der Waals surface area contributed by atoms with E-state index in [-0.39, 0.29) is 0 Å². The van der Waals surface area contributed by atoms with Gasteiger partial charge < -0.3 is 4.74 Å². The molecule has 6 heteroatoms. The second kappa shape index (κ2) is 4.65. The molecule has 0 aromatic heterocycles. The fourth-order valence-electron chi connectivity index (χ4n) is 0.841. The maximum absolute atomic E-state index is 11.8. The molecule has 0 N–H and O–H groups in total. The number of halogens is 4. The quantitative estimate of drug-likeness (QED) is 0.780. The third kappa shape index (κ3) is 3.54. The van der Waals surface area contributed by atoms with Crippen LogP contribution in [0.1, 0.15) is 5.56 Å². The van der Waals surface area contributed by atoms with Crippen LogP contribution in [-0.2, 0) is 16.1 Å². The molecule has 1 aromatic rings. The van der Waals surface area contributed by atoms with Crippen molar-refractivity contribution in [3.8, 4) is 0 Å². The van der Waals surface area contributed by atoms with Crippen molar-refractivity contribution in [2.45, 2.75) is 12.8 Å². The van der Waals surface area contributed by atoms with E-state index in [1.165, 1.54) is 0 Å². The first-order valence-corrected chi connectivity index (χ1v) is 4.68. The number of benzene rings is 1. The number of carbonyl (C=O) groups is 1. The van der Waals surface area contributed by atoms with Crippen LogP contribution < -0.4 is 0 Å². The lowest BCUT2D eigenvalue weighted by atomic mass is 10.2. The molecule has 0 bridgehead atoms. The van der Waals surface area contributed by atoms with Crippen molar-refractivity contribution in [3.05, 3.63) is 34.3 Å². The number of ether oxygens (including phenoxy) is 1. The minimum atomic E-state index is -4.94. The van der Waals surface area contributed by atoms with E-state index in [1.54, 1.807) is 24.3 Å². The summed E-state index contributed by atoms with van der Waals surface area (Å²) in [6.07, 6.45) is -4.94. The Kier molecular flexibility index (Phi) is 3.73. The molecule has 0 atom stereocenters. The first-order valence-electron chi connectivity index (χ1n) is 3.88. The molecule has 1 rings (SSSR count). The van der Waals surface area contributed by atoms with Gasteiger partial charge in [0.25, 0.3) is 0 Å². The molecule has 0 saturated heterocycles. The molecule has 0 saturated carbocycles. The summed E-state index contributed by atoms with van der Waals surface area (Å²) in [5.74, 6) is -2.18. The zero-order valence-corrected chi connectivity index (χ0v) is 8.93. The highest BCUT2D eigenvalue weighted by atomic mass is 79.9. The Morgan fingerprint density at radius 1 is 1.33 bits per heavy atom. The van der Waals surface area contributed by atoms with Gasteiger partial charge in [-0.1, -0.05) is 34.1 Å². The maximum atomic E-state index is 11.8. The van der Waals surface area contributed by atoms with Gasteiger partial charge in [-0.2, -0.15) is 13.2 Å². The first kappa shape index (κ1) is 12.0. The fourth-order valence-corrected chi connectivity index (χ4v) is 1.24. The van der Waals surface area contributed by atoms with Gasteiger partial charge in [0, 0.05) is 10.0 Å². The topological polar surface area (TPSA) is 26.3 Å². The molecule has 0 unspecified atom stereocenters. The van der Waals surface area contributed by atoms with Crippen molar-refractivity contribution in [1.82, 2.24) is 0 Å². The molecule has 82 valence electrons. The van der Waals surface area contributed by atoms with E-state index in [0.29, 0.717) is 10.0 Å². The molecular formula is C9H6BrF3O2. The van der Waals surface area contributed by atoms with Gasteiger partial charge in [0.05, 0.1) is 0 Å². The van der Waals surface area contributed by atoms with Gasteiger partial charge in [0.2, 0.25) is 0 Å². The lowest BCUT2D eigenvalue weighted by Crippen LogP contribution is -2.25. The highest BCUT2D eigenvalue weighted by molar-refractivity contribution is 9.10. The molecule has 15 heavy (non-hydrogen) atoms. The van der Waals surface area contributed by atoms with Gasteiger partial charge in [-0.15, -0.1) is 0 Å². The first-order chi connectivity index (χ1) is 6.91. The predicted molar refractivity (Wildman–Crippen MR) is 50.0 cm³/mol. The zero-order chi connectivity index (χ0) is 11.5. The molecule has 2 nitrogen and oxygen atoms in total. The Morgan fingerprint density at radius 2 is 1.93 bits per heavy atom. The van der Waals surface area contributed by atoms with Crippen LogP contribution in [0.25, 0.3) is 0 Å². The summed E-state index contributed by atoms with van der Waals surface area (Å²) in [4.78, 5) is 10.4. The number of hydrogen-bond acceptors (Lipinski definition) is 2. The van der Waals surface area contributed by atoms with Crippen molar-refractivity contribution in [1.29, 1.82) is 0 Å². The number of carbonyl (C=O) groups excluding carboxylic acids is 1. The summed E-state index contributed by atoms with van der Waals surface area (Å²) in [5, 5.41) is 0. The van der Waals surface area contributed by atoms with Crippen molar-refractivity contribution in [2.75, 3.05) is 0 Å². The van der Waals surface area contributed by atoms with Gasteiger partial charge in [-0.3, -0.25) is 0 Å². The molecule has 1 aromatic carbocycles. The minimum Gasteiger partial charge on any atom is -0.454 e. The van der Waals surface area contributed by atoms with Crippen molar-refractivity contribution in [3.63, 3.8) is 0 Å². The van der Waals surface area contributed by atoms with E-state index in [2.05, 4.69) is 20.7 Å². The smallest absolute Gasteiger partial charge is 0.454 e. The summed E-state index contributed by atoms with van der Waals surface area (Å²) < 4.78 is 40.0. The second-order valence-electron chi connectivity index (χ2n) is 2.67. The fraction of sp³-hybridized carbons (Fsp3) is 0.222. The van der Waals surface area contributed by atoms with E-state index in [4.69, 9.17) is 0 Å². The molecule has 0 aliphatic carbocycles. The third-order valence-corrected chi connectivity index (χ3v) is 2.32. The van der Waals surface area contributed by atoms with E-state index < -0.39 is 18.8 Å². The lowest BCUT2D eigenvalue weighted by Gasteiger charge is -2.08. The molecule has 0 spiro atoms. The summed E-state index contributed by atoms with van der Waals surface area (Å²) in [6, 6.07) is 6.56. The maximum Gasteiger partial charge on any atom is 0.490 e. The Bertz CT molecular complexity index is 363. The van der Waals surface area contributed by atoms with E-state index in [9.17, 15) is 18.0 Å². The number of esters is 1. The Labute approximate surface area is 92.2 Å². The highest BCUT2D eigenvalue weighted by Gasteiger charge is 2.40. The van der Waals surface area contributed by atoms with Crippen LogP contribution in [0.3, 0.4) is 0 Å². The third-order valence-electron chi connectivity index (χ3n) is 1.55. The van der Waals surface area contributed by atoms with Crippen LogP contribution in [0.2, 0.25) is 0 Å². The average Bonchev–Trinajstić information content (AvgIpc) is 2.14. The molecule has 0 radical (unpaired) electrons. The van der Waals surface area contributed by atoms with Crippen LogP contribution in [-0.4, -0.2) is 12.1 Å². The number of rotatable bonds is 2. The van der Waals surface area contributed by atoms with E-state index in [0.717, 1.165) is 0 Å². The van der Waals surface area contributed by atoms with Crippen LogP contribution >= 0.6 is 15.9 Å².